The van der Waals surface area contributed by atoms with E-state index in [0.29, 0.717) is 13.0 Å². The molecular formula is C29H45N3O3Si. The topological polar surface area (TPSA) is 87.5 Å². The third kappa shape index (κ3) is 9.06. The fourth-order valence-electron chi connectivity index (χ4n) is 4.74. The van der Waals surface area contributed by atoms with Crippen molar-refractivity contribution in [1.82, 2.24) is 0 Å². The van der Waals surface area contributed by atoms with E-state index in [2.05, 4.69) is 86.3 Å². The standard InChI is InChI=1S/C29H45N3O3Si/c1-5-6-7-8-11-16-26(33)21-22-34-23-25(31-32-30)24-35-36(29(2,3)4,27-17-12-9-13-18-27)28-19-14-10-15-20-28/h9-10,12-15,17-20,25-26,33H,5-8,11,16,21-24H2,1-4H3/t25?,26-/m1/s1. The van der Waals surface area contributed by atoms with Gasteiger partial charge in [0, 0.05) is 18.1 Å². The van der Waals surface area contributed by atoms with E-state index in [1.54, 1.807) is 0 Å². The number of ether oxygens (including phenoxy) is 1. The molecule has 0 saturated heterocycles. The lowest BCUT2D eigenvalue weighted by Crippen LogP contribution is -2.67. The lowest BCUT2D eigenvalue weighted by Gasteiger charge is -2.43. The van der Waals surface area contributed by atoms with Gasteiger partial charge in [-0.25, -0.2) is 0 Å². The Morgan fingerprint density at radius 3 is 2.00 bits per heavy atom. The van der Waals surface area contributed by atoms with E-state index in [9.17, 15) is 10.6 Å². The van der Waals surface area contributed by atoms with Crippen LogP contribution in [0.4, 0.5) is 0 Å². The number of rotatable bonds is 17. The van der Waals surface area contributed by atoms with Crippen molar-refractivity contribution in [3.63, 3.8) is 0 Å². The van der Waals surface area contributed by atoms with E-state index < -0.39 is 14.4 Å². The predicted molar refractivity (Wildman–Crippen MR) is 151 cm³/mol. The highest BCUT2D eigenvalue weighted by atomic mass is 28.4. The van der Waals surface area contributed by atoms with E-state index in [0.717, 1.165) is 12.8 Å². The van der Waals surface area contributed by atoms with Crippen LogP contribution in [-0.4, -0.2) is 45.4 Å². The van der Waals surface area contributed by atoms with Crippen molar-refractivity contribution in [2.75, 3.05) is 19.8 Å². The SMILES string of the molecule is CCCCCCC[C@@H](O)CCOCC(CO[Si](c1ccccc1)(c1ccccc1)C(C)(C)C)N=[N+]=[N-]. The van der Waals surface area contributed by atoms with Crippen molar-refractivity contribution < 1.29 is 14.3 Å². The summed E-state index contributed by atoms with van der Waals surface area (Å²) in [4.78, 5) is 3.05. The average molecular weight is 512 g/mol. The van der Waals surface area contributed by atoms with E-state index in [1.165, 1.54) is 36.1 Å². The van der Waals surface area contributed by atoms with Gasteiger partial charge in [0.05, 0.1) is 18.8 Å². The van der Waals surface area contributed by atoms with Crippen LogP contribution < -0.4 is 10.4 Å². The number of hydrogen-bond donors (Lipinski definition) is 1. The first-order valence-electron chi connectivity index (χ1n) is 13.4. The largest absolute Gasteiger partial charge is 0.407 e. The zero-order valence-corrected chi connectivity index (χ0v) is 23.6. The van der Waals surface area contributed by atoms with Crippen LogP contribution in [0.5, 0.6) is 0 Å². The molecule has 0 amide bonds. The number of nitrogens with zero attached hydrogens (tertiary/aromatic N) is 3. The number of benzene rings is 2. The summed E-state index contributed by atoms with van der Waals surface area (Å²) in [5, 5.41) is 16.4. The van der Waals surface area contributed by atoms with Crippen molar-refractivity contribution >= 4 is 18.7 Å². The van der Waals surface area contributed by atoms with Crippen molar-refractivity contribution in [2.24, 2.45) is 5.11 Å². The van der Waals surface area contributed by atoms with Crippen molar-refractivity contribution in [1.29, 1.82) is 0 Å². The summed E-state index contributed by atoms with van der Waals surface area (Å²) in [6, 6.07) is 20.4. The van der Waals surface area contributed by atoms with Crippen LogP contribution in [0.1, 0.15) is 72.6 Å². The Bertz CT molecular complexity index is 859. The van der Waals surface area contributed by atoms with Crippen molar-refractivity contribution in [2.45, 2.75) is 89.8 Å². The highest BCUT2D eigenvalue weighted by Crippen LogP contribution is 2.36. The monoisotopic (exact) mass is 511 g/mol. The number of aliphatic hydroxyl groups excluding tert-OH is 1. The van der Waals surface area contributed by atoms with Crippen LogP contribution in [-0.2, 0) is 9.16 Å². The van der Waals surface area contributed by atoms with Crippen molar-refractivity contribution in [3.8, 4) is 0 Å². The van der Waals surface area contributed by atoms with E-state index in [-0.39, 0.29) is 24.4 Å². The molecule has 36 heavy (non-hydrogen) atoms. The minimum atomic E-state index is -2.71. The fraction of sp³-hybridized carbons (Fsp3) is 0.586. The summed E-state index contributed by atoms with van der Waals surface area (Å²) in [7, 11) is -2.71. The second-order valence-corrected chi connectivity index (χ2v) is 14.9. The summed E-state index contributed by atoms with van der Waals surface area (Å²) in [5.41, 5.74) is 9.18. The first kappa shape index (κ1) is 30.1. The van der Waals surface area contributed by atoms with Gasteiger partial charge in [0.2, 0.25) is 0 Å². The first-order valence-corrected chi connectivity index (χ1v) is 15.3. The second kappa shape index (κ2) is 15.8. The quantitative estimate of drug-likeness (QED) is 0.0880. The number of hydrogen-bond acceptors (Lipinski definition) is 4. The minimum absolute atomic E-state index is 0.154. The lowest BCUT2D eigenvalue weighted by atomic mass is 10.1. The lowest BCUT2D eigenvalue weighted by molar-refractivity contribution is 0.0635. The molecule has 0 aliphatic rings. The zero-order valence-electron chi connectivity index (χ0n) is 22.6. The maximum Gasteiger partial charge on any atom is 0.261 e. The molecule has 0 spiro atoms. The minimum Gasteiger partial charge on any atom is -0.407 e. The fourth-order valence-corrected chi connectivity index (χ4v) is 9.34. The first-order chi connectivity index (χ1) is 17.3. The molecule has 1 N–H and O–H groups in total. The third-order valence-electron chi connectivity index (χ3n) is 6.67. The Morgan fingerprint density at radius 1 is 0.889 bits per heavy atom. The van der Waals surface area contributed by atoms with Gasteiger partial charge in [0.15, 0.2) is 0 Å². The molecule has 2 atom stereocenters. The molecule has 198 valence electrons. The molecule has 2 rings (SSSR count). The van der Waals surface area contributed by atoms with Gasteiger partial charge in [0.1, 0.15) is 0 Å². The number of aliphatic hydroxyl groups is 1. The molecule has 7 heteroatoms. The summed E-state index contributed by atoms with van der Waals surface area (Å²) in [6.07, 6.45) is 6.99. The Kier molecular flexibility index (Phi) is 13.2. The molecular weight excluding hydrogens is 466 g/mol. The summed E-state index contributed by atoms with van der Waals surface area (Å²) < 4.78 is 12.7. The van der Waals surface area contributed by atoms with Gasteiger partial charge in [-0.3, -0.25) is 0 Å². The van der Waals surface area contributed by atoms with Crippen LogP contribution >= 0.6 is 0 Å². The van der Waals surface area contributed by atoms with Crippen LogP contribution in [0, 0.1) is 0 Å². The molecule has 0 fully saturated rings. The number of azide groups is 1. The van der Waals surface area contributed by atoms with Crippen LogP contribution in [0.15, 0.2) is 65.8 Å². The smallest absolute Gasteiger partial charge is 0.261 e. The summed E-state index contributed by atoms with van der Waals surface area (Å²) in [5.74, 6) is 0. The highest BCUT2D eigenvalue weighted by molar-refractivity contribution is 6.99. The molecule has 0 aliphatic heterocycles. The van der Waals surface area contributed by atoms with Gasteiger partial charge >= 0.3 is 0 Å². The Labute approximate surface area is 218 Å². The maximum atomic E-state index is 10.2. The molecule has 0 bridgehead atoms. The molecule has 0 aliphatic carbocycles. The number of unbranched alkanes of at least 4 members (excludes halogenated alkanes) is 4. The van der Waals surface area contributed by atoms with Crippen LogP contribution in [0.3, 0.4) is 0 Å². The van der Waals surface area contributed by atoms with E-state index >= 15 is 0 Å². The predicted octanol–water partition coefficient (Wildman–Crippen LogP) is 6.37. The maximum absolute atomic E-state index is 10.2. The molecule has 0 saturated carbocycles. The molecule has 2 aromatic rings. The summed E-state index contributed by atoms with van der Waals surface area (Å²) in [6.45, 7) is 9.86. The van der Waals surface area contributed by atoms with Crippen LogP contribution in [0.2, 0.25) is 5.04 Å². The van der Waals surface area contributed by atoms with E-state index in [1.807, 2.05) is 12.1 Å². The van der Waals surface area contributed by atoms with Gasteiger partial charge in [-0.2, -0.15) is 0 Å². The molecule has 2 aromatic carbocycles. The summed E-state index contributed by atoms with van der Waals surface area (Å²) >= 11 is 0. The molecule has 0 radical (unpaired) electrons. The van der Waals surface area contributed by atoms with Gasteiger partial charge in [-0.1, -0.05) is 126 Å². The zero-order chi connectivity index (χ0) is 26.3. The molecule has 1 unspecified atom stereocenters. The van der Waals surface area contributed by atoms with Crippen LogP contribution in [0.25, 0.3) is 10.4 Å². The Morgan fingerprint density at radius 2 is 1.47 bits per heavy atom. The third-order valence-corrected chi connectivity index (χ3v) is 11.7. The molecule has 6 nitrogen and oxygen atoms in total. The van der Waals surface area contributed by atoms with Gasteiger partial charge in [-0.15, -0.1) is 0 Å². The molecule has 0 heterocycles. The molecule has 0 aromatic heterocycles. The van der Waals surface area contributed by atoms with Gasteiger partial charge in [0.25, 0.3) is 8.32 Å². The van der Waals surface area contributed by atoms with Gasteiger partial charge in [-0.05, 0) is 33.8 Å². The van der Waals surface area contributed by atoms with E-state index in [4.69, 9.17) is 9.16 Å². The Hall–Kier alpha value is -2.15. The normalized spacial score (nSPS) is 13.7. The van der Waals surface area contributed by atoms with Crippen molar-refractivity contribution in [3.05, 3.63) is 71.1 Å². The highest BCUT2D eigenvalue weighted by Gasteiger charge is 2.50. The average Bonchev–Trinajstić information content (AvgIpc) is 2.87. The second-order valence-electron chi connectivity index (χ2n) is 10.6. The Balaban J connectivity index is 2.04. The van der Waals surface area contributed by atoms with Gasteiger partial charge < -0.3 is 14.3 Å².